The van der Waals surface area contributed by atoms with Crippen LogP contribution in [0.25, 0.3) is 16.8 Å². The van der Waals surface area contributed by atoms with Crippen LogP contribution < -0.4 is 0 Å². The summed E-state index contributed by atoms with van der Waals surface area (Å²) in [5.74, 6) is 0. The number of hydrogen-bond donors (Lipinski definition) is 0. The lowest BCUT2D eigenvalue weighted by Crippen LogP contribution is -2.08. The summed E-state index contributed by atoms with van der Waals surface area (Å²) < 4.78 is 7.96. The molecule has 3 heterocycles. The highest BCUT2D eigenvalue weighted by Gasteiger charge is 2.26. The zero-order valence-corrected chi connectivity index (χ0v) is 11.8. The lowest BCUT2D eigenvalue weighted by Gasteiger charge is -2.15. The molecule has 0 radical (unpaired) electrons. The van der Waals surface area contributed by atoms with Crippen LogP contribution in [-0.4, -0.2) is 21.0 Å². The quantitative estimate of drug-likeness (QED) is 0.751. The zero-order chi connectivity index (χ0) is 13.5. The lowest BCUT2D eigenvalue weighted by atomic mass is 9.95. The van der Waals surface area contributed by atoms with Gasteiger partial charge in [0, 0.05) is 28.4 Å². The maximum absolute atomic E-state index is 5.73. The van der Waals surface area contributed by atoms with Crippen molar-refractivity contribution in [3.05, 3.63) is 47.9 Å². The molecule has 3 nitrogen and oxygen atoms in total. The van der Waals surface area contributed by atoms with E-state index in [9.17, 15) is 0 Å². The minimum absolute atomic E-state index is 0.536. The van der Waals surface area contributed by atoms with Crippen LogP contribution in [0.3, 0.4) is 0 Å². The lowest BCUT2D eigenvalue weighted by molar-refractivity contribution is 0.113. The number of aryl methyl sites for hydroxylation is 1. The van der Waals surface area contributed by atoms with E-state index in [1.54, 1.807) is 6.20 Å². The van der Waals surface area contributed by atoms with Crippen LogP contribution in [0.4, 0.5) is 0 Å². The summed E-state index contributed by atoms with van der Waals surface area (Å²) in [5, 5.41) is 0. The summed E-state index contributed by atoms with van der Waals surface area (Å²) in [6.07, 6.45) is 8.08. The topological polar surface area (TPSA) is 27.1 Å². The fourth-order valence-electron chi connectivity index (χ4n) is 3.02. The molecule has 0 aromatic carbocycles. The molecule has 2 aromatic rings. The van der Waals surface area contributed by atoms with Crippen LogP contribution >= 0.6 is 12.2 Å². The first-order valence-electron chi connectivity index (χ1n) is 6.79. The number of hydrogen-bond acceptors (Lipinski definition) is 3. The molecule has 0 saturated carbocycles. The minimum Gasteiger partial charge on any atom is -0.355 e. The van der Waals surface area contributed by atoms with Gasteiger partial charge in [-0.25, -0.2) is 0 Å². The molecule has 0 bridgehead atoms. The van der Waals surface area contributed by atoms with Crippen LogP contribution in [-0.2, 0) is 17.9 Å². The summed E-state index contributed by atoms with van der Waals surface area (Å²) in [7, 11) is 0. The van der Waals surface area contributed by atoms with Crippen molar-refractivity contribution < 1.29 is 4.74 Å². The third-order valence-electron chi connectivity index (χ3n) is 3.90. The van der Waals surface area contributed by atoms with Gasteiger partial charge in [-0.2, -0.15) is 0 Å². The van der Waals surface area contributed by atoms with Gasteiger partial charge in [-0.05, 0) is 36.6 Å². The van der Waals surface area contributed by atoms with Gasteiger partial charge in [0.15, 0.2) is 0 Å². The molecule has 1 aliphatic heterocycles. The van der Waals surface area contributed by atoms with Crippen molar-refractivity contribution in [1.29, 1.82) is 0 Å². The van der Waals surface area contributed by atoms with Crippen molar-refractivity contribution in [2.75, 3.05) is 6.61 Å². The van der Waals surface area contributed by atoms with E-state index in [-0.39, 0.29) is 0 Å². The van der Waals surface area contributed by atoms with E-state index in [1.807, 2.05) is 12.3 Å². The molecule has 0 saturated heterocycles. The second kappa shape index (κ2) is 4.65. The van der Waals surface area contributed by atoms with Crippen LogP contribution in [0.15, 0.2) is 36.7 Å². The molecule has 0 spiro atoms. The second-order valence-electron chi connectivity index (χ2n) is 5.13. The van der Waals surface area contributed by atoms with Crippen molar-refractivity contribution >= 4 is 22.7 Å². The molecule has 2 aromatic heterocycles. The van der Waals surface area contributed by atoms with E-state index in [0.717, 1.165) is 23.3 Å². The molecule has 100 valence electrons. The van der Waals surface area contributed by atoms with Crippen molar-refractivity contribution in [2.24, 2.45) is 0 Å². The molecule has 20 heavy (non-hydrogen) atoms. The number of ether oxygens (including phenoxy) is 1. The van der Waals surface area contributed by atoms with E-state index in [0.29, 0.717) is 13.3 Å². The Morgan fingerprint density at radius 2 is 2.30 bits per heavy atom. The first-order valence-corrected chi connectivity index (χ1v) is 7.19. The van der Waals surface area contributed by atoms with Gasteiger partial charge in [0.1, 0.15) is 6.73 Å². The van der Waals surface area contributed by atoms with Crippen molar-refractivity contribution in [3.63, 3.8) is 0 Å². The van der Waals surface area contributed by atoms with Gasteiger partial charge >= 0.3 is 0 Å². The highest BCUT2D eigenvalue weighted by Crippen LogP contribution is 2.36. The summed E-state index contributed by atoms with van der Waals surface area (Å²) in [6, 6.07) is 6.31. The molecule has 0 unspecified atom stereocenters. The maximum Gasteiger partial charge on any atom is 0.123 e. The zero-order valence-electron chi connectivity index (χ0n) is 11.0. The molecule has 0 N–H and O–H groups in total. The smallest absolute Gasteiger partial charge is 0.123 e. The fraction of sp³-hybridized carbons (Fsp3) is 0.250. The Balaban J connectivity index is 1.96. The number of thiocarbonyl (C=S) groups is 1. The first-order chi connectivity index (χ1) is 9.84. The fourth-order valence-corrected chi connectivity index (χ4v) is 3.29. The molecule has 0 fully saturated rings. The Hall–Kier alpha value is -1.78. The SMILES string of the molecule is S=C1COCn2c(-c3cccnc3)cc3c2C1=CCC3. The van der Waals surface area contributed by atoms with Crippen LogP contribution in [0, 0.1) is 0 Å². The predicted octanol–water partition coefficient (Wildman–Crippen LogP) is 3.24. The average molecular weight is 282 g/mol. The molecule has 4 rings (SSSR count). The Bertz CT molecular complexity index is 716. The number of nitrogens with zero attached hydrogens (tertiary/aromatic N) is 2. The van der Waals surface area contributed by atoms with Gasteiger partial charge < -0.3 is 9.30 Å². The average Bonchev–Trinajstić information content (AvgIpc) is 2.78. The normalized spacial score (nSPS) is 17.4. The highest BCUT2D eigenvalue weighted by atomic mass is 32.1. The largest absolute Gasteiger partial charge is 0.355 e. The van der Waals surface area contributed by atoms with E-state index < -0.39 is 0 Å². The Morgan fingerprint density at radius 1 is 1.35 bits per heavy atom. The molecular formula is C16H14N2OS. The van der Waals surface area contributed by atoms with Crippen molar-refractivity contribution in [1.82, 2.24) is 9.55 Å². The number of aromatic nitrogens is 2. The molecule has 4 heteroatoms. The number of rotatable bonds is 1. The van der Waals surface area contributed by atoms with Crippen molar-refractivity contribution in [3.8, 4) is 11.3 Å². The molecular weight excluding hydrogens is 268 g/mol. The predicted molar refractivity (Wildman–Crippen MR) is 82.5 cm³/mol. The van der Waals surface area contributed by atoms with E-state index in [2.05, 4.69) is 27.8 Å². The second-order valence-corrected chi connectivity index (χ2v) is 5.62. The van der Waals surface area contributed by atoms with Gasteiger partial charge in [0.05, 0.1) is 18.0 Å². The summed E-state index contributed by atoms with van der Waals surface area (Å²) in [4.78, 5) is 5.14. The molecule has 1 aliphatic carbocycles. The summed E-state index contributed by atoms with van der Waals surface area (Å²) in [5.41, 5.74) is 6.10. The minimum atomic E-state index is 0.536. The van der Waals surface area contributed by atoms with Crippen LogP contribution in [0.1, 0.15) is 17.7 Å². The number of allylic oxidation sites excluding steroid dienone is 1. The maximum atomic E-state index is 5.73. The highest BCUT2D eigenvalue weighted by molar-refractivity contribution is 7.81. The summed E-state index contributed by atoms with van der Waals surface area (Å²) >= 11 is 5.49. The summed E-state index contributed by atoms with van der Waals surface area (Å²) in [6.45, 7) is 1.09. The third kappa shape index (κ3) is 1.76. The van der Waals surface area contributed by atoms with Crippen LogP contribution in [0.2, 0.25) is 0 Å². The number of pyridine rings is 1. The third-order valence-corrected chi connectivity index (χ3v) is 4.24. The van der Waals surface area contributed by atoms with Gasteiger partial charge in [-0.1, -0.05) is 18.3 Å². The molecule has 0 atom stereocenters. The molecule has 0 amide bonds. The van der Waals surface area contributed by atoms with E-state index in [4.69, 9.17) is 17.0 Å². The first kappa shape index (κ1) is 12.0. The van der Waals surface area contributed by atoms with Gasteiger partial charge in [-0.3, -0.25) is 4.98 Å². The Morgan fingerprint density at radius 3 is 3.15 bits per heavy atom. The Labute approximate surface area is 122 Å². The van der Waals surface area contributed by atoms with Gasteiger partial charge in [0.25, 0.3) is 0 Å². The van der Waals surface area contributed by atoms with Crippen molar-refractivity contribution in [2.45, 2.75) is 19.6 Å². The van der Waals surface area contributed by atoms with E-state index >= 15 is 0 Å². The van der Waals surface area contributed by atoms with Gasteiger partial charge in [-0.15, -0.1) is 0 Å². The van der Waals surface area contributed by atoms with E-state index in [1.165, 1.54) is 22.5 Å². The monoisotopic (exact) mass is 282 g/mol. The van der Waals surface area contributed by atoms with Gasteiger partial charge in [0.2, 0.25) is 0 Å². The molecule has 2 aliphatic rings. The Kier molecular flexibility index (Phi) is 2.79. The standard InChI is InChI=1S/C16H14N2OS/c20-15-9-19-10-18-14(12-4-2-6-17-8-12)7-11-3-1-5-13(15)16(11)18/h2,4-8H,1,3,9-10H2. The van der Waals surface area contributed by atoms with Crippen LogP contribution in [0.5, 0.6) is 0 Å².